The predicted molar refractivity (Wildman–Crippen MR) is 112 cm³/mol. The summed E-state index contributed by atoms with van der Waals surface area (Å²) in [6, 6.07) is 9.58. The summed E-state index contributed by atoms with van der Waals surface area (Å²) in [5.74, 6) is -0.859. The van der Waals surface area contributed by atoms with Gasteiger partial charge in [0.05, 0.1) is 5.69 Å². The number of nitrogens with zero attached hydrogens (tertiary/aromatic N) is 2. The number of thiocarbonyl (C=S) groups is 1. The van der Waals surface area contributed by atoms with Crippen LogP contribution in [0.5, 0.6) is 0 Å². The third kappa shape index (κ3) is 3.32. The molecule has 0 bridgehead atoms. The van der Waals surface area contributed by atoms with Crippen molar-refractivity contribution in [1.82, 2.24) is 9.88 Å². The first-order valence-corrected chi connectivity index (χ1v) is 9.45. The average molecular weight is 382 g/mol. The van der Waals surface area contributed by atoms with Crippen molar-refractivity contribution < 1.29 is 9.59 Å². The molecule has 6 heteroatoms. The maximum absolute atomic E-state index is 13.2. The van der Waals surface area contributed by atoms with Crippen LogP contribution in [0, 0.1) is 13.8 Å². The third-order valence-corrected chi connectivity index (χ3v) is 5.23. The van der Waals surface area contributed by atoms with Gasteiger partial charge in [-0.05, 0) is 68.7 Å². The Morgan fingerprint density at radius 3 is 2.48 bits per heavy atom. The van der Waals surface area contributed by atoms with Gasteiger partial charge in [0.1, 0.15) is 5.57 Å². The number of hydrogen-bond donors (Lipinski definition) is 1. The SMILES string of the molecule is CCc1ccccc1N1C(=O)C(=Cc2cc(C)n(CC)c2C)C(=O)NC1=S. The highest BCUT2D eigenvalue weighted by molar-refractivity contribution is 7.80. The van der Waals surface area contributed by atoms with Crippen LogP contribution in [0.25, 0.3) is 6.08 Å². The third-order valence-electron chi connectivity index (χ3n) is 4.94. The number of carbonyl (C=O) groups excluding carboxylic acids is 2. The molecule has 1 N–H and O–H groups in total. The van der Waals surface area contributed by atoms with E-state index < -0.39 is 11.8 Å². The zero-order valence-corrected chi connectivity index (χ0v) is 16.8. The quantitative estimate of drug-likeness (QED) is 0.501. The van der Waals surface area contributed by atoms with E-state index in [-0.39, 0.29) is 10.7 Å². The van der Waals surface area contributed by atoms with Crippen molar-refractivity contribution >= 4 is 40.9 Å². The standard InChI is InChI=1S/C21H23N3O2S/c1-5-15-9-7-8-10-18(15)24-20(26)17(19(25)22-21(24)27)12-16-11-13(3)23(6-2)14(16)4/h7-12H,5-6H2,1-4H3,(H,22,25,27). The molecule has 1 aliphatic rings. The Morgan fingerprint density at radius 2 is 1.85 bits per heavy atom. The molecule has 1 aromatic heterocycles. The van der Waals surface area contributed by atoms with Gasteiger partial charge < -0.3 is 4.57 Å². The summed E-state index contributed by atoms with van der Waals surface area (Å²) >= 11 is 5.30. The highest BCUT2D eigenvalue weighted by atomic mass is 32.1. The Balaban J connectivity index is 2.08. The van der Waals surface area contributed by atoms with E-state index in [0.29, 0.717) is 5.69 Å². The van der Waals surface area contributed by atoms with Gasteiger partial charge in [0.2, 0.25) is 0 Å². The summed E-state index contributed by atoms with van der Waals surface area (Å²) < 4.78 is 2.15. The van der Waals surface area contributed by atoms with Gasteiger partial charge in [0.25, 0.3) is 11.8 Å². The predicted octanol–water partition coefficient (Wildman–Crippen LogP) is 3.52. The average Bonchev–Trinajstić information content (AvgIpc) is 2.91. The van der Waals surface area contributed by atoms with Crippen molar-refractivity contribution in [2.24, 2.45) is 0 Å². The Bertz CT molecular complexity index is 972. The molecule has 2 amide bonds. The van der Waals surface area contributed by atoms with Gasteiger partial charge in [-0.25, -0.2) is 0 Å². The summed E-state index contributed by atoms with van der Waals surface area (Å²) in [6.07, 6.45) is 2.42. The largest absolute Gasteiger partial charge is 0.349 e. The lowest BCUT2D eigenvalue weighted by atomic mass is 10.0. The minimum atomic E-state index is -0.462. The van der Waals surface area contributed by atoms with Crippen molar-refractivity contribution in [1.29, 1.82) is 0 Å². The van der Waals surface area contributed by atoms with Crippen LogP contribution in [-0.4, -0.2) is 21.5 Å². The summed E-state index contributed by atoms with van der Waals surface area (Å²) in [4.78, 5) is 27.1. The lowest BCUT2D eigenvalue weighted by molar-refractivity contribution is -0.122. The van der Waals surface area contributed by atoms with Crippen molar-refractivity contribution in [2.45, 2.75) is 40.7 Å². The summed E-state index contributed by atoms with van der Waals surface area (Å²) in [7, 11) is 0. The first-order valence-electron chi connectivity index (χ1n) is 9.05. The molecule has 1 aliphatic heterocycles. The molecular formula is C21H23N3O2S. The number of para-hydroxylation sites is 1. The number of nitrogens with one attached hydrogen (secondary N) is 1. The van der Waals surface area contributed by atoms with Crippen LogP contribution in [0.15, 0.2) is 35.9 Å². The van der Waals surface area contributed by atoms with E-state index in [1.54, 1.807) is 6.08 Å². The highest BCUT2D eigenvalue weighted by Crippen LogP contribution is 2.27. The molecule has 140 valence electrons. The number of aromatic nitrogens is 1. The summed E-state index contributed by atoms with van der Waals surface area (Å²) in [5.41, 5.74) is 4.77. The normalized spacial score (nSPS) is 16.2. The van der Waals surface area contributed by atoms with Crippen LogP contribution in [0.2, 0.25) is 0 Å². The molecule has 1 fully saturated rings. The number of carbonyl (C=O) groups is 2. The maximum atomic E-state index is 13.2. The lowest BCUT2D eigenvalue weighted by Crippen LogP contribution is -2.54. The summed E-state index contributed by atoms with van der Waals surface area (Å²) in [5, 5.41) is 2.77. The van der Waals surface area contributed by atoms with Gasteiger partial charge in [-0.2, -0.15) is 0 Å². The molecule has 3 rings (SSSR count). The van der Waals surface area contributed by atoms with Gasteiger partial charge in [-0.15, -0.1) is 0 Å². The van der Waals surface area contributed by atoms with E-state index in [1.807, 2.05) is 51.1 Å². The Morgan fingerprint density at radius 1 is 1.15 bits per heavy atom. The Kier molecular flexibility index (Phi) is 5.28. The van der Waals surface area contributed by atoms with Crippen LogP contribution in [0.4, 0.5) is 5.69 Å². The second-order valence-corrected chi connectivity index (χ2v) is 6.90. The monoisotopic (exact) mass is 381 g/mol. The molecule has 27 heavy (non-hydrogen) atoms. The number of anilines is 1. The van der Waals surface area contributed by atoms with E-state index in [4.69, 9.17) is 12.2 Å². The number of amides is 2. The zero-order chi connectivity index (χ0) is 19.7. The molecule has 1 saturated heterocycles. The van der Waals surface area contributed by atoms with Crippen LogP contribution in [0.3, 0.4) is 0 Å². The van der Waals surface area contributed by atoms with Crippen LogP contribution in [0.1, 0.15) is 36.4 Å². The minimum absolute atomic E-state index is 0.0888. The molecule has 0 aliphatic carbocycles. The molecule has 2 heterocycles. The Hall–Kier alpha value is -2.73. The number of rotatable bonds is 4. The fourth-order valence-electron chi connectivity index (χ4n) is 3.52. The van der Waals surface area contributed by atoms with E-state index in [2.05, 4.69) is 16.8 Å². The van der Waals surface area contributed by atoms with E-state index in [9.17, 15) is 9.59 Å². The molecule has 0 saturated carbocycles. The fourth-order valence-corrected chi connectivity index (χ4v) is 3.79. The fraction of sp³-hybridized carbons (Fsp3) is 0.286. The number of benzene rings is 1. The minimum Gasteiger partial charge on any atom is -0.349 e. The molecule has 0 spiro atoms. The van der Waals surface area contributed by atoms with E-state index >= 15 is 0 Å². The van der Waals surface area contributed by atoms with Crippen LogP contribution >= 0.6 is 12.2 Å². The van der Waals surface area contributed by atoms with Gasteiger partial charge in [0, 0.05) is 17.9 Å². The van der Waals surface area contributed by atoms with Gasteiger partial charge in [-0.1, -0.05) is 25.1 Å². The van der Waals surface area contributed by atoms with Crippen molar-refractivity contribution in [3.8, 4) is 0 Å². The van der Waals surface area contributed by atoms with Crippen molar-refractivity contribution in [3.05, 3.63) is 58.4 Å². The highest BCUT2D eigenvalue weighted by Gasteiger charge is 2.35. The molecule has 0 atom stereocenters. The molecule has 0 unspecified atom stereocenters. The van der Waals surface area contributed by atoms with Crippen molar-refractivity contribution in [2.75, 3.05) is 4.90 Å². The second-order valence-electron chi connectivity index (χ2n) is 6.51. The van der Waals surface area contributed by atoms with E-state index in [0.717, 1.165) is 35.5 Å². The molecule has 1 aromatic carbocycles. The van der Waals surface area contributed by atoms with E-state index in [1.165, 1.54) is 4.90 Å². The van der Waals surface area contributed by atoms with Crippen molar-refractivity contribution in [3.63, 3.8) is 0 Å². The van der Waals surface area contributed by atoms with Crippen LogP contribution in [-0.2, 0) is 22.6 Å². The number of hydrogen-bond acceptors (Lipinski definition) is 3. The molecular weight excluding hydrogens is 358 g/mol. The topological polar surface area (TPSA) is 54.3 Å². The van der Waals surface area contributed by atoms with Gasteiger partial charge in [-0.3, -0.25) is 19.8 Å². The molecule has 0 radical (unpaired) electrons. The smallest absolute Gasteiger partial charge is 0.270 e. The first-order chi connectivity index (χ1) is 12.9. The molecule has 5 nitrogen and oxygen atoms in total. The lowest BCUT2D eigenvalue weighted by Gasteiger charge is -2.30. The second kappa shape index (κ2) is 7.48. The Labute approximate surface area is 164 Å². The van der Waals surface area contributed by atoms with Gasteiger partial charge >= 0.3 is 0 Å². The number of aryl methyl sites for hydroxylation is 2. The molecule has 2 aromatic rings. The van der Waals surface area contributed by atoms with Gasteiger partial charge in [0.15, 0.2) is 5.11 Å². The summed E-state index contributed by atoms with van der Waals surface area (Å²) in [6.45, 7) is 8.92. The maximum Gasteiger partial charge on any atom is 0.270 e. The first kappa shape index (κ1) is 19.0. The van der Waals surface area contributed by atoms with Crippen LogP contribution < -0.4 is 10.2 Å². The zero-order valence-electron chi connectivity index (χ0n) is 16.0.